The summed E-state index contributed by atoms with van der Waals surface area (Å²) in [7, 11) is 0. The lowest BCUT2D eigenvalue weighted by Crippen LogP contribution is -2.30. The highest BCUT2D eigenvalue weighted by Gasteiger charge is 2.12. The van der Waals surface area contributed by atoms with Gasteiger partial charge in [0.2, 0.25) is 11.8 Å². The molecule has 6 heteroatoms. The molecule has 0 spiro atoms. The van der Waals surface area contributed by atoms with Crippen LogP contribution in [0.2, 0.25) is 0 Å². The molecule has 0 aromatic carbocycles. The number of anilines is 1. The minimum atomic E-state index is -0.0149. The quantitative estimate of drug-likeness (QED) is 0.721. The molecule has 0 bridgehead atoms. The zero-order valence-corrected chi connectivity index (χ0v) is 16.9. The summed E-state index contributed by atoms with van der Waals surface area (Å²) in [6.07, 6.45) is 8.33. The number of pyridine rings is 1. The fourth-order valence-corrected chi connectivity index (χ4v) is 3.43. The van der Waals surface area contributed by atoms with Crippen LogP contribution < -0.4 is 10.2 Å². The molecule has 0 unspecified atom stereocenters. The third kappa shape index (κ3) is 7.19. The molecule has 0 atom stereocenters. The van der Waals surface area contributed by atoms with Crippen LogP contribution in [-0.2, 0) is 16.1 Å². The molecule has 2 amide bonds. The van der Waals surface area contributed by atoms with Crippen molar-refractivity contribution >= 4 is 17.6 Å². The standard InChI is InChI=1S/C21H34N4O2/c1-3-24(4-2)21(27)11-9-10-20(26)23-17-18-12-13-19(22-16-18)25-14-7-5-6-8-15-25/h12-13,16H,3-11,14-15,17H2,1-2H3,(H,23,26). The average molecular weight is 375 g/mol. The molecule has 0 radical (unpaired) electrons. The van der Waals surface area contributed by atoms with Gasteiger partial charge in [-0.05, 0) is 44.7 Å². The molecule has 27 heavy (non-hydrogen) atoms. The molecular weight excluding hydrogens is 340 g/mol. The van der Waals surface area contributed by atoms with Crippen LogP contribution in [0, 0.1) is 0 Å². The van der Waals surface area contributed by atoms with E-state index in [-0.39, 0.29) is 11.8 Å². The van der Waals surface area contributed by atoms with Crippen molar-refractivity contribution in [3.05, 3.63) is 23.9 Å². The molecule has 1 aromatic heterocycles. The first-order valence-electron chi connectivity index (χ1n) is 10.4. The van der Waals surface area contributed by atoms with Crippen LogP contribution in [0.15, 0.2) is 18.3 Å². The monoisotopic (exact) mass is 374 g/mol. The normalized spacial score (nSPS) is 14.5. The lowest BCUT2D eigenvalue weighted by molar-refractivity contribution is -0.131. The van der Waals surface area contributed by atoms with Crippen LogP contribution in [0.4, 0.5) is 5.82 Å². The maximum absolute atomic E-state index is 12.0. The summed E-state index contributed by atoms with van der Waals surface area (Å²) in [6.45, 7) is 8.03. The van der Waals surface area contributed by atoms with Gasteiger partial charge in [0.1, 0.15) is 5.82 Å². The predicted molar refractivity (Wildman–Crippen MR) is 109 cm³/mol. The number of carbonyl (C=O) groups is 2. The van der Waals surface area contributed by atoms with Crippen molar-refractivity contribution in [2.24, 2.45) is 0 Å². The number of rotatable bonds is 9. The summed E-state index contributed by atoms with van der Waals surface area (Å²) >= 11 is 0. The third-order valence-electron chi connectivity index (χ3n) is 5.14. The number of aromatic nitrogens is 1. The van der Waals surface area contributed by atoms with Crippen LogP contribution >= 0.6 is 0 Å². The Morgan fingerprint density at radius 1 is 1.07 bits per heavy atom. The van der Waals surface area contributed by atoms with Crippen LogP contribution in [0.1, 0.15) is 64.4 Å². The van der Waals surface area contributed by atoms with Gasteiger partial charge in [-0.15, -0.1) is 0 Å². The summed E-state index contributed by atoms with van der Waals surface area (Å²) in [4.78, 5) is 32.6. The summed E-state index contributed by atoms with van der Waals surface area (Å²) in [5, 5.41) is 2.92. The Morgan fingerprint density at radius 3 is 2.37 bits per heavy atom. The fraction of sp³-hybridized carbons (Fsp3) is 0.667. The van der Waals surface area contributed by atoms with Gasteiger partial charge in [-0.2, -0.15) is 0 Å². The average Bonchev–Trinajstić information content (AvgIpc) is 2.97. The molecule has 2 heterocycles. The van der Waals surface area contributed by atoms with Crippen LogP contribution in [0.25, 0.3) is 0 Å². The lowest BCUT2D eigenvalue weighted by Gasteiger charge is -2.21. The maximum Gasteiger partial charge on any atom is 0.222 e. The number of hydrogen-bond acceptors (Lipinski definition) is 4. The Balaban J connectivity index is 1.69. The van der Waals surface area contributed by atoms with E-state index in [4.69, 9.17) is 0 Å². The van der Waals surface area contributed by atoms with Gasteiger partial charge < -0.3 is 15.1 Å². The number of nitrogens with one attached hydrogen (secondary N) is 1. The third-order valence-corrected chi connectivity index (χ3v) is 5.14. The van der Waals surface area contributed by atoms with E-state index >= 15 is 0 Å². The summed E-state index contributed by atoms with van der Waals surface area (Å²) < 4.78 is 0. The Bertz CT molecular complexity index is 576. The van der Waals surface area contributed by atoms with Crippen molar-refractivity contribution in [3.8, 4) is 0 Å². The van der Waals surface area contributed by atoms with E-state index < -0.39 is 0 Å². The number of hydrogen-bond donors (Lipinski definition) is 1. The molecule has 0 aliphatic carbocycles. The van der Waals surface area contributed by atoms with Crippen molar-refractivity contribution in [1.29, 1.82) is 0 Å². The maximum atomic E-state index is 12.0. The molecule has 1 fully saturated rings. The van der Waals surface area contributed by atoms with E-state index in [9.17, 15) is 9.59 Å². The molecule has 1 N–H and O–H groups in total. The van der Waals surface area contributed by atoms with E-state index in [0.717, 1.165) is 37.6 Å². The van der Waals surface area contributed by atoms with E-state index in [1.54, 1.807) is 4.90 Å². The first-order chi connectivity index (χ1) is 13.1. The largest absolute Gasteiger partial charge is 0.357 e. The van der Waals surface area contributed by atoms with Gasteiger partial charge >= 0.3 is 0 Å². The highest BCUT2D eigenvalue weighted by Crippen LogP contribution is 2.17. The first kappa shape index (κ1) is 21.2. The van der Waals surface area contributed by atoms with E-state index in [0.29, 0.717) is 25.8 Å². The Kier molecular flexibility index (Phi) is 9.08. The lowest BCUT2D eigenvalue weighted by atomic mass is 10.2. The molecule has 1 aliphatic rings. The van der Waals surface area contributed by atoms with Crippen LogP contribution in [-0.4, -0.2) is 47.9 Å². The smallest absolute Gasteiger partial charge is 0.222 e. The predicted octanol–water partition coefficient (Wildman–Crippen LogP) is 3.12. The van der Waals surface area contributed by atoms with Gasteiger partial charge in [-0.1, -0.05) is 18.9 Å². The topological polar surface area (TPSA) is 65.5 Å². The van der Waals surface area contributed by atoms with Gasteiger partial charge in [0.15, 0.2) is 0 Å². The fourth-order valence-electron chi connectivity index (χ4n) is 3.43. The van der Waals surface area contributed by atoms with Crippen molar-refractivity contribution < 1.29 is 9.59 Å². The molecule has 0 saturated carbocycles. The van der Waals surface area contributed by atoms with Gasteiger partial charge in [0.25, 0.3) is 0 Å². The van der Waals surface area contributed by atoms with Gasteiger partial charge in [0.05, 0.1) is 0 Å². The Labute approximate surface area is 163 Å². The zero-order valence-electron chi connectivity index (χ0n) is 16.9. The van der Waals surface area contributed by atoms with Gasteiger partial charge in [-0.25, -0.2) is 4.98 Å². The Morgan fingerprint density at radius 2 is 1.78 bits per heavy atom. The van der Waals surface area contributed by atoms with Crippen LogP contribution in [0.3, 0.4) is 0 Å². The second-order valence-electron chi connectivity index (χ2n) is 7.12. The molecule has 1 saturated heterocycles. The highest BCUT2D eigenvalue weighted by atomic mass is 16.2. The van der Waals surface area contributed by atoms with Gasteiger partial charge in [0, 0.05) is 51.8 Å². The number of amides is 2. The van der Waals surface area contributed by atoms with Gasteiger partial charge in [-0.3, -0.25) is 9.59 Å². The minimum absolute atomic E-state index is 0.0149. The summed E-state index contributed by atoms with van der Waals surface area (Å²) in [6, 6.07) is 4.09. The second-order valence-corrected chi connectivity index (χ2v) is 7.12. The summed E-state index contributed by atoms with van der Waals surface area (Å²) in [5.74, 6) is 1.14. The Hall–Kier alpha value is -2.11. The molecule has 1 aromatic rings. The zero-order chi connectivity index (χ0) is 19.5. The summed E-state index contributed by atoms with van der Waals surface area (Å²) in [5.41, 5.74) is 1.00. The van der Waals surface area contributed by atoms with Crippen LogP contribution in [0.5, 0.6) is 0 Å². The first-order valence-corrected chi connectivity index (χ1v) is 10.4. The number of nitrogens with zero attached hydrogens (tertiary/aromatic N) is 3. The highest BCUT2D eigenvalue weighted by molar-refractivity contribution is 5.78. The van der Waals surface area contributed by atoms with Crippen molar-refractivity contribution in [1.82, 2.24) is 15.2 Å². The minimum Gasteiger partial charge on any atom is -0.357 e. The molecule has 6 nitrogen and oxygen atoms in total. The molecular formula is C21H34N4O2. The number of carbonyl (C=O) groups excluding carboxylic acids is 2. The van der Waals surface area contributed by atoms with E-state index in [1.165, 1.54) is 25.7 Å². The second kappa shape index (κ2) is 11.6. The van der Waals surface area contributed by atoms with Crippen molar-refractivity contribution in [2.45, 2.75) is 65.3 Å². The molecule has 2 rings (SSSR count). The van der Waals surface area contributed by atoms with E-state index in [1.807, 2.05) is 26.1 Å². The van der Waals surface area contributed by atoms with Crippen molar-refractivity contribution in [3.63, 3.8) is 0 Å². The molecule has 1 aliphatic heterocycles. The molecule has 150 valence electrons. The van der Waals surface area contributed by atoms with Crippen molar-refractivity contribution in [2.75, 3.05) is 31.1 Å². The van der Waals surface area contributed by atoms with E-state index in [2.05, 4.69) is 21.3 Å². The SMILES string of the molecule is CCN(CC)C(=O)CCCC(=O)NCc1ccc(N2CCCCCC2)nc1.